The highest BCUT2D eigenvalue weighted by atomic mass is 35.5. The van der Waals surface area contributed by atoms with Crippen LogP contribution in [0.5, 0.6) is 0 Å². The number of nitro groups is 1. The SMILES string of the molecule is N/C(=N\[N+](=O)[O-])NCCCCCC(=O)NC1CNC(C(=O)Nc2cc(Cl)ccc2Cl)C1. The minimum absolute atomic E-state index is 0.0897. The number of rotatable bonds is 10. The van der Waals surface area contributed by atoms with Crippen LogP contribution in [-0.4, -0.2) is 48.0 Å². The third kappa shape index (κ3) is 8.95. The Hall–Kier alpha value is -2.63. The van der Waals surface area contributed by atoms with E-state index in [1.54, 1.807) is 18.2 Å². The van der Waals surface area contributed by atoms with Crippen molar-refractivity contribution >= 4 is 46.7 Å². The highest BCUT2D eigenvalue weighted by Crippen LogP contribution is 2.26. The van der Waals surface area contributed by atoms with E-state index in [9.17, 15) is 19.7 Å². The van der Waals surface area contributed by atoms with Crippen LogP contribution in [-0.2, 0) is 9.59 Å². The van der Waals surface area contributed by atoms with Crippen LogP contribution in [0.4, 0.5) is 5.69 Å². The number of carbonyl (C=O) groups excluding carboxylic acids is 2. The summed E-state index contributed by atoms with van der Waals surface area (Å²) in [6.45, 7) is 0.927. The monoisotopic (exact) mass is 473 g/mol. The zero-order chi connectivity index (χ0) is 22.8. The van der Waals surface area contributed by atoms with Crippen LogP contribution < -0.4 is 27.0 Å². The Morgan fingerprint density at radius 1 is 1.29 bits per heavy atom. The van der Waals surface area contributed by atoms with Gasteiger partial charge in [0.05, 0.1) is 16.8 Å². The summed E-state index contributed by atoms with van der Waals surface area (Å²) in [5.41, 5.74) is 5.74. The summed E-state index contributed by atoms with van der Waals surface area (Å²) in [4.78, 5) is 34.7. The summed E-state index contributed by atoms with van der Waals surface area (Å²) in [6.07, 6.45) is 2.93. The Morgan fingerprint density at radius 2 is 2.06 bits per heavy atom. The van der Waals surface area contributed by atoms with E-state index in [0.29, 0.717) is 54.5 Å². The molecule has 6 N–H and O–H groups in total. The van der Waals surface area contributed by atoms with Gasteiger partial charge >= 0.3 is 0 Å². The minimum Gasteiger partial charge on any atom is -0.365 e. The van der Waals surface area contributed by atoms with Crippen LogP contribution in [0.2, 0.25) is 10.0 Å². The first-order valence-electron chi connectivity index (χ1n) is 9.75. The first kappa shape index (κ1) is 24.6. The topological polar surface area (TPSA) is 164 Å². The van der Waals surface area contributed by atoms with Gasteiger partial charge in [-0.15, -0.1) is 0 Å². The summed E-state index contributed by atoms with van der Waals surface area (Å²) in [5, 5.41) is 24.4. The van der Waals surface area contributed by atoms with E-state index in [0.717, 1.165) is 6.42 Å². The van der Waals surface area contributed by atoms with Crippen LogP contribution in [0.1, 0.15) is 32.1 Å². The van der Waals surface area contributed by atoms with Crippen molar-refractivity contribution in [3.8, 4) is 0 Å². The molecule has 1 fully saturated rings. The number of guanidine groups is 1. The number of nitrogens with one attached hydrogen (secondary N) is 4. The third-order valence-corrected chi connectivity index (χ3v) is 5.14. The maximum absolute atomic E-state index is 12.4. The molecule has 31 heavy (non-hydrogen) atoms. The largest absolute Gasteiger partial charge is 0.365 e. The van der Waals surface area contributed by atoms with Crippen molar-refractivity contribution in [1.29, 1.82) is 0 Å². The molecule has 2 rings (SSSR count). The second-order valence-electron chi connectivity index (χ2n) is 7.03. The molecule has 2 unspecified atom stereocenters. The Bertz CT molecular complexity index is 837. The predicted molar refractivity (Wildman–Crippen MR) is 119 cm³/mol. The second kappa shape index (κ2) is 12.3. The number of nitrogens with two attached hydrogens (primary N) is 1. The van der Waals surface area contributed by atoms with Gasteiger partial charge < -0.3 is 27.0 Å². The van der Waals surface area contributed by atoms with Crippen molar-refractivity contribution in [2.45, 2.75) is 44.2 Å². The molecule has 1 heterocycles. The molecule has 13 heteroatoms. The van der Waals surface area contributed by atoms with Crippen molar-refractivity contribution in [2.75, 3.05) is 18.4 Å². The van der Waals surface area contributed by atoms with E-state index in [1.807, 2.05) is 0 Å². The number of unbranched alkanes of at least 4 members (excludes halogenated alkanes) is 2. The van der Waals surface area contributed by atoms with E-state index in [4.69, 9.17) is 28.9 Å². The molecule has 1 saturated heterocycles. The van der Waals surface area contributed by atoms with Crippen molar-refractivity contribution in [1.82, 2.24) is 16.0 Å². The number of carbonyl (C=O) groups is 2. The summed E-state index contributed by atoms with van der Waals surface area (Å²) in [6, 6.07) is 4.23. The fraction of sp³-hybridized carbons (Fsp3) is 0.500. The number of hydrazone groups is 1. The van der Waals surface area contributed by atoms with Gasteiger partial charge in [-0.05, 0) is 37.5 Å². The van der Waals surface area contributed by atoms with Gasteiger partial charge in [0.15, 0.2) is 5.03 Å². The van der Waals surface area contributed by atoms with Crippen molar-refractivity contribution in [2.24, 2.45) is 10.8 Å². The number of hydrogen-bond donors (Lipinski definition) is 5. The molecular weight excluding hydrogens is 449 g/mol. The lowest BCUT2D eigenvalue weighted by Gasteiger charge is -2.14. The smallest absolute Gasteiger partial charge is 0.266 e. The average Bonchev–Trinajstić information content (AvgIpc) is 3.15. The lowest BCUT2D eigenvalue weighted by molar-refractivity contribution is -0.485. The highest BCUT2D eigenvalue weighted by Gasteiger charge is 2.30. The summed E-state index contributed by atoms with van der Waals surface area (Å²) in [5.74, 6) is -0.575. The fourth-order valence-electron chi connectivity index (χ4n) is 3.09. The van der Waals surface area contributed by atoms with Gasteiger partial charge in [0, 0.05) is 30.6 Å². The molecule has 170 valence electrons. The molecule has 0 bridgehead atoms. The molecule has 11 nitrogen and oxygen atoms in total. The van der Waals surface area contributed by atoms with Gasteiger partial charge in [-0.3, -0.25) is 9.59 Å². The molecule has 1 aliphatic heterocycles. The lowest BCUT2D eigenvalue weighted by Crippen LogP contribution is -2.36. The Kier molecular flexibility index (Phi) is 9.76. The van der Waals surface area contributed by atoms with Crippen LogP contribution >= 0.6 is 23.2 Å². The van der Waals surface area contributed by atoms with Gasteiger partial charge in [0.25, 0.3) is 5.96 Å². The summed E-state index contributed by atoms with van der Waals surface area (Å²) >= 11 is 12.0. The van der Waals surface area contributed by atoms with Crippen LogP contribution in [0, 0.1) is 10.1 Å². The summed E-state index contributed by atoms with van der Waals surface area (Å²) < 4.78 is 0. The Balaban J connectivity index is 1.62. The van der Waals surface area contributed by atoms with Crippen molar-refractivity contribution in [3.05, 3.63) is 38.4 Å². The zero-order valence-corrected chi connectivity index (χ0v) is 18.2. The van der Waals surface area contributed by atoms with E-state index < -0.39 is 11.1 Å². The number of amides is 2. The number of benzene rings is 1. The lowest BCUT2D eigenvalue weighted by atomic mass is 10.1. The molecule has 1 aliphatic rings. The Labute approximate surface area is 189 Å². The molecule has 1 aromatic carbocycles. The van der Waals surface area contributed by atoms with Crippen molar-refractivity contribution < 1.29 is 14.6 Å². The quantitative estimate of drug-likeness (QED) is 0.113. The van der Waals surface area contributed by atoms with Gasteiger partial charge in [0.1, 0.15) is 5.10 Å². The van der Waals surface area contributed by atoms with E-state index in [1.165, 1.54) is 0 Å². The molecular formula is C18H25Cl2N7O4. The normalized spacial score (nSPS) is 18.5. The van der Waals surface area contributed by atoms with Crippen LogP contribution in [0.15, 0.2) is 23.3 Å². The predicted octanol–water partition coefficient (Wildman–Crippen LogP) is 1.44. The standard InChI is InChI=1S/C18H25Cl2N7O4/c19-11-5-6-13(20)14(8-11)25-17(29)15-9-12(10-23-15)24-16(28)4-2-1-3-7-22-18(21)26-27(30)31/h5-6,8,12,15,23H,1-4,7,9-10H2,(H,24,28)(H,25,29)(H3,21,22,26). The fourth-order valence-corrected chi connectivity index (χ4v) is 3.42. The number of anilines is 1. The van der Waals surface area contributed by atoms with Crippen molar-refractivity contribution in [3.63, 3.8) is 0 Å². The van der Waals surface area contributed by atoms with Gasteiger partial charge in [-0.2, -0.15) is 0 Å². The van der Waals surface area contributed by atoms with Gasteiger partial charge in [-0.25, -0.2) is 10.1 Å². The average molecular weight is 474 g/mol. The molecule has 0 aliphatic carbocycles. The first-order chi connectivity index (χ1) is 14.7. The number of hydrogen-bond acceptors (Lipinski definition) is 5. The molecule has 0 radical (unpaired) electrons. The van der Waals surface area contributed by atoms with Crippen LogP contribution in [0.25, 0.3) is 0 Å². The highest BCUT2D eigenvalue weighted by molar-refractivity contribution is 6.35. The number of halogens is 2. The van der Waals surface area contributed by atoms with E-state index in [-0.39, 0.29) is 23.8 Å². The number of nitrogens with zero attached hydrogens (tertiary/aromatic N) is 2. The zero-order valence-electron chi connectivity index (χ0n) is 16.7. The molecule has 0 saturated carbocycles. The summed E-state index contributed by atoms with van der Waals surface area (Å²) in [7, 11) is 0. The first-order valence-corrected chi connectivity index (χ1v) is 10.5. The molecule has 2 atom stereocenters. The third-order valence-electron chi connectivity index (χ3n) is 4.57. The maximum Gasteiger partial charge on any atom is 0.266 e. The molecule has 2 amide bonds. The van der Waals surface area contributed by atoms with E-state index in [2.05, 4.69) is 26.4 Å². The Morgan fingerprint density at radius 3 is 2.81 bits per heavy atom. The second-order valence-corrected chi connectivity index (χ2v) is 7.88. The molecule has 0 aromatic heterocycles. The van der Waals surface area contributed by atoms with Gasteiger partial charge in [-0.1, -0.05) is 29.6 Å². The minimum atomic E-state index is -0.870. The molecule has 0 spiro atoms. The van der Waals surface area contributed by atoms with E-state index >= 15 is 0 Å². The molecule has 1 aromatic rings. The maximum atomic E-state index is 12.4. The van der Waals surface area contributed by atoms with Gasteiger partial charge in [0.2, 0.25) is 11.8 Å². The van der Waals surface area contributed by atoms with Crippen LogP contribution in [0.3, 0.4) is 0 Å².